The maximum atomic E-state index is 13.4. The van der Waals surface area contributed by atoms with Crippen molar-refractivity contribution in [3.8, 4) is 0 Å². The monoisotopic (exact) mass is 544 g/mol. The number of likely N-dealkylation sites (tertiary alicyclic amines) is 1. The maximum absolute atomic E-state index is 13.4. The number of imide groups is 1. The normalized spacial score (nSPS) is 17.5. The molecule has 1 aliphatic rings. The third-order valence-corrected chi connectivity index (χ3v) is 8.24. The van der Waals surface area contributed by atoms with Crippen LogP contribution in [0.15, 0.2) is 24.3 Å². The Hall–Kier alpha value is -2.45. The molecule has 39 heavy (non-hydrogen) atoms. The molecule has 220 valence electrons. The van der Waals surface area contributed by atoms with E-state index in [2.05, 4.69) is 44.8 Å². The van der Waals surface area contributed by atoms with Crippen LogP contribution in [0.5, 0.6) is 0 Å². The molecule has 8 nitrogen and oxygen atoms in total. The maximum Gasteiger partial charge on any atom is 0.326 e. The summed E-state index contributed by atoms with van der Waals surface area (Å²) in [6.07, 6.45) is 1.94. The summed E-state index contributed by atoms with van der Waals surface area (Å²) in [5.74, 6) is -0.368. The predicted molar refractivity (Wildman–Crippen MR) is 156 cm³/mol. The molecule has 2 rings (SSSR count). The van der Waals surface area contributed by atoms with Crippen molar-refractivity contribution in [3.05, 3.63) is 35.4 Å². The molecule has 4 amide bonds. The van der Waals surface area contributed by atoms with Crippen molar-refractivity contribution in [2.45, 2.75) is 112 Å². The van der Waals surface area contributed by atoms with E-state index in [4.69, 9.17) is 4.74 Å². The lowest BCUT2D eigenvalue weighted by Crippen LogP contribution is -2.72. The minimum atomic E-state index is -0.801. The molecular formula is C31H52N4O4. The van der Waals surface area contributed by atoms with Crippen molar-refractivity contribution in [1.82, 2.24) is 20.0 Å². The lowest BCUT2D eigenvalue weighted by Gasteiger charge is -2.53. The quantitative estimate of drug-likeness (QED) is 0.295. The molecule has 0 spiro atoms. The topological polar surface area (TPSA) is 82.2 Å². The van der Waals surface area contributed by atoms with Crippen molar-refractivity contribution < 1.29 is 19.1 Å². The van der Waals surface area contributed by atoms with Crippen LogP contribution in [-0.2, 0) is 14.3 Å². The highest BCUT2D eigenvalue weighted by Gasteiger charge is 2.62. The number of carbonyl (C=O) groups excluding carboxylic acids is 3. The number of carbonyl (C=O) groups is 3. The standard InChI is InChI=1S/C31H52N4O4/c1-10-14-26(25-17-15-24(9)16-18-25)32-30(38)35-28(37)31(11-2,12-3)29(35)39-21-27(36)33(13-4)19-20-34(22(5)6)23(7)8/h15-18,22-23,26,29H,10-14,19-21H2,1-9H3,(H,32,38)/t26?,29-/m0/s1. The second-order valence-corrected chi connectivity index (χ2v) is 11.3. The van der Waals surface area contributed by atoms with Gasteiger partial charge in [-0.25, -0.2) is 9.69 Å². The highest BCUT2D eigenvalue weighted by atomic mass is 16.5. The summed E-state index contributed by atoms with van der Waals surface area (Å²) >= 11 is 0. The van der Waals surface area contributed by atoms with Crippen LogP contribution in [0.4, 0.5) is 4.79 Å². The first-order valence-electron chi connectivity index (χ1n) is 14.8. The van der Waals surface area contributed by atoms with Gasteiger partial charge in [0.1, 0.15) is 6.61 Å². The first-order chi connectivity index (χ1) is 18.5. The van der Waals surface area contributed by atoms with Crippen LogP contribution in [0.3, 0.4) is 0 Å². The van der Waals surface area contributed by atoms with Crippen LogP contribution < -0.4 is 5.32 Å². The number of amides is 4. The molecule has 1 aliphatic heterocycles. The molecule has 1 aromatic carbocycles. The van der Waals surface area contributed by atoms with E-state index < -0.39 is 17.7 Å². The number of likely N-dealkylation sites (N-methyl/N-ethyl adjacent to an activating group) is 1. The number of hydrogen-bond donors (Lipinski definition) is 1. The fourth-order valence-electron chi connectivity index (χ4n) is 5.65. The minimum Gasteiger partial charge on any atom is -0.347 e. The zero-order valence-electron chi connectivity index (χ0n) is 25.8. The second kappa shape index (κ2) is 14.8. The average molecular weight is 545 g/mol. The zero-order chi connectivity index (χ0) is 29.3. The van der Waals surface area contributed by atoms with Gasteiger partial charge in [0.05, 0.1) is 11.5 Å². The van der Waals surface area contributed by atoms with Gasteiger partial charge in [-0.3, -0.25) is 14.5 Å². The molecule has 1 N–H and O–H groups in total. The van der Waals surface area contributed by atoms with Crippen molar-refractivity contribution >= 4 is 17.8 Å². The highest BCUT2D eigenvalue weighted by molar-refractivity contribution is 6.03. The summed E-state index contributed by atoms with van der Waals surface area (Å²) in [5, 5.41) is 3.06. The van der Waals surface area contributed by atoms with Gasteiger partial charge in [0.25, 0.3) is 0 Å². The van der Waals surface area contributed by atoms with Gasteiger partial charge in [0.2, 0.25) is 11.8 Å². The third-order valence-electron chi connectivity index (χ3n) is 8.24. The molecule has 0 aromatic heterocycles. The van der Waals surface area contributed by atoms with Crippen LogP contribution in [0.1, 0.15) is 98.2 Å². The third kappa shape index (κ3) is 7.60. The van der Waals surface area contributed by atoms with Crippen LogP contribution in [-0.4, -0.2) is 77.1 Å². The number of ether oxygens (including phenoxy) is 1. The van der Waals surface area contributed by atoms with E-state index in [0.717, 1.165) is 30.5 Å². The van der Waals surface area contributed by atoms with E-state index >= 15 is 0 Å². The lowest BCUT2D eigenvalue weighted by atomic mass is 9.72. The summed E-state index contributed by atoms with van der Waals surface area (Å²) in [7, 11) is 0. The molecule has 1 saturated heterocycles. The molecule has 1 heterocycles. The predicted octanol–water partition coefficient (Wildman–Crippen LogP) is 5.50. The summed E-state index contributed by atoms with van der Waals surface area (Å²) in [5.41, 5.74) is 1.35. The fraction of sp³-hybridized carbons (Fsp3) is 0.710. The molecule has 0 aliphatic carbocycles. The van der Waals surface area contributed by atoms with E-state index in [0.29, 0.717) is 38.0 Å². The molecule has 0 radical (unpaired) electrons. The minimum absolute atomic E-state index is 0.130. The number of β-lactam (4-membered cyclic amide) rings is 1. The number of nitrogens with one attached hydrogen (secondary N) is 1. The molecule has 0 saturated carbocycles. The Morgan fingerprint density at radius 3 is 2.08 bits per heavy atom. The highest BCUT2D eigenvalue weighted by Crippen LogP contribution is 2.46. The van der Waals surface area contributed by atoms with E-state index in [9.17, 15) is 14.4 Å². The van der Waals surface area contributed by atoms with Crippen molar-refractivity contribution in [2.75, 3.05) is 26.2 Å². The van der Waals surface area contributed by atoms with Gasteiger partial charge in [-0.2, -0.15) is 0 Å². The molecule has 1 fully saturated rings. The largest absolute Gasteiger partial charge is 0.347 e. The van der Waals surface area contributed by atoms with Gasteiger partial charge in [-0.15, -0.1) is 0 Å². The number of benzene rings is 1. The van der Waals surface area contributed by atoms with E-state index in [1.54, 1.807) is 4.90 Å². The summed E-state index contributed by atoms with van der Waals surface area (Å²) in [6.45, 7) is 20.3. The van der Waals surface area contributed by atoms with Crippen molar-refractivity contribution in [2.24, 2.45) is 5.41 Å². The number of urea groups is 1. The van der Waals surface area contributed by atoms with E-state index in [1.807, 2.05) is 52.0 Å². The van der Waals surface area contributed by atoms with Crippen LogP contribution >= 0.6 is 0 Å². The number of aryl methyl sites for hydroxylation is 1. The van der Waals surface area contributed by atoms with Crippen molar-refractivity contribution in [3.63, 3.8) is 0 Å². The van der Waals surface area contributed by atoms with Gasteiger partial charge in [-0.1, -0.05) is 57.0 Å². The number of rotatable bonds is 15. The molecule has 1 unspecified atom stereocenters. The Morgan fingerprint density at radius 2 is 1.59 bits per heavy atom. The van der Waals surface area contributed by atoms with Gasteiger partial charge < -0.3 is 15.0 Å². The Morgan fingerprint density at radius 1 is 1.00 bits per heavy atom. The Bertz CT molecular complexity index is 934. The van der Waals surface area contributed by atoms with Gasteiger partial charge >= 0.3 is 6.03 Å². The summed E-state index contributed by atoms with van der Waals surface area (Å²) in [4.78, 5) is 45.3. The summed E-state index contributed by atoms with van der Waals surface area (Å²) < 4.78 is 6.13. The van der Waals surface area contributed by atoms with Crippen LogP contribution in [0.25, 0.3) is 0 Å². The van der Waals surface area contributed by atoms with Gasteiger partial charge in [0.15, 0.2) is 6.23 Å². The van der Waals surface area contributed by atoms with Crippen molar-refractivity contribution in [1.29, 1.82) is 0 Å². The van der Waals surface area contributed by atoms with Crippen LogP contribution in [0, 0.1) is 12.3 Å². The number of hydrogen-bond acceptors (Lipinski definition) is 5. The first kappa shape index (κ1) is 32.8. The van der Waals surface area contributed by atoms with E-state index in [-0.39, 0.29) is 24.5 Å². The Kier molecular flexibility index (Phi) is 12.4. The van der Waals surface area contributed by atoms with Gasteiger partial charge in [0, 0.05) is 31.7 Å². The lowest BCUT2D eigenvalue weighted by molar-refractivity contribution is -0.212. The fourth-order valence-corrected chi connectivity index (χ4v) is 5.65. The van der Waals surface area contributed by atoms with Gasteiger partial charge in [-0.05, 0) is 66.4 Å². The van der Waals surface area contributed by atoms with Crippen LogP contribution in [0.2, 0.25) is 0 Å². The van der Waals surface area contributed by atoms with E-state index in [1.165, 1.54) is 4.90 Å². The first-order valence-corrected chi connectivity index (χ1v) is 14.8. The Balaban J connectivity index is 2.14. The Labute approximate surface area is 236 Å². The second-order valence-electron chi connectivity index (χ2n) is 11.3. The smallest absolute Gasteiger partial charge is 0.326 e. The SMILES string of the molecule is CCCC(NC(=O)N1C(=O)C(CC)(CC)[C@@H]1OCC(=O)N(CC)CCN(C(C)C)C(C)C)c1ccc(C)cc1. The molecule has 1 aromatic rings. The molecule has 8 heteroatoms. The summed E-state index contributed by atoms with van der Waals surface area (Å²) in [6, 6.07) is 8.17. The number of nitrogens with zero attached hydrogens (tertiary/aromatic N) is 3. The molecule has 0 bridgehead atoms. The molecular weight excluding hydrogens is 492 g/mol. The molecule has 2 atom stereocenters. The zero-order valence-corrected chi connectivity index (χ0v) is 25.8. The average Bonchev–Trinajstić information content (AvgIpc) is 2.89.